The van der Waals surface area contributed by atoms with Gasteiger partial charge in [-0.2, -0.15) is 5.26 Å². The van der Waals surface area contributed by atoms with Crippen molar-refractivity contribution in [2.75, 3.05) is 0 Å². The Hall–Kier alpha value is -2.34. The quantitative estimate of drug-likeness (QED) is 0.783. The molecule has 0 aromatic carbocycles. The number of rotatable bonds is 2. The first-order chi connectivity index (χ1) is 8.26. The van der Waals surface area contributed by atoms with Crippen LogP contribution in [0.5, 0.6) is 0 Å². The second kappa shape index (κ2) is 4.67. The molecule has 0 N–H and O–H groups in total. The predicted molar refractivity (Wildman–Crippen MR) is 66.1 cm³/mol. The third-order valence-corrected chi connectivity index (χ3v) is 2.47. The summed E-state index contributed by atoms with van der Waals surface area (Å²) in [6, 6.07) is 7.50. The SMILES string of the molecule is CC=Cc1c(C)cc(C#N)nc1-c1ccco1. The molecule has 3 heteroatoms. The fourth-order valence-electron chi connectivity index (χ4n) is 1.72. The minimum atomic E-state index is 0.405. The first-order valence-electron chi connectivity index (χ1n) is 5.34. The smallest absolute Gasteiger partial charge is 0.152 e. The van der Waals surface area contributed by atoms with Crippen LogP contribution >= 0.6 is 0 Å². The number of pyridine rings is 1. The van der Waals surface area contributed by atoms with Crippen LogP contribution in [-0.4, -0.2) is 4.98 Å². The highest BCUT2D eigenvalue weighted by Crippen LogP contribution is 2.26. The van der Waals surface area contributed by atoms with Crippen molar-refractivity contribution in [1.29, 1.82) is 5.26 Å². The Morgan fingerprint density at radius 1 is 1.47 bits per heavy atom. The van der Waals surface area contributed by atoms with E-state index in [1.54, 1.807) is 12.3 Å². The average Bonchev–Trinajstić information content (AvgIpc) is 2.85. The summed E-state index contributed by atoms with van der Waals surface area (Å²) >= 11 is 0. The molecule has 0 bridgehead atoms. The lowest BCUT2D eigenvalue weighted by molar-refractivity contribution is 0.579. The van der Waals surface area contributed by atoms with Crippen LogP contribution in [0.3, 0.4) is 0 Å². The van der Waals surface area contributed by atoms with Gasteiger partial charge in [-0.3, -0.25) is 0 Å². The van der Waals surface area contributed by atoms with Gasteiger partial charge in [-0.25, -0.2) is 4.98 Å². The van der Waals surface area contributed by atoms with Gasteiger partial charge in [0.2, 0.25) is 0 Å². The van der Waals surface area contributed by atoms with Crippen LogP contribution in [0.2, 0.25) is 0 Å². The zero-order chi connectivity index (χ0) is 12.3. The lowest BCUT2D eigenvalue weighted by Gasteiger charge is -2.06. The van der Waals surface area contributed by atoms with E-state index in [4.69, 9.17) is 9.68 Å². The normalized spacial score (nSPS) is 10.6. The molecule has 0 unspecified atom stereocenters. The average molecular weight is 224 g/mol. The molecule has 2 heterocycles. The van der Waals surface area contributed by atoms with Gasteiger partial charge in [0.25, 0.3) is 0 Å². The van der Waals surface area contributed by atoms with E-state index in [-0.39, 0.29) is 0 Å². The monoisotopic (exact) mass is 224 g/mol. The van der Waals surface area contributed by atoms with Gasteiger partial charge in [0.05, 0.1) is 6.26 Å². The van der Waals surface area contributed by atoms with Gasteiger partial charge in [-0.15, -0.1) is 0 Å². The Morgan fingerprint density at radius 3 is 2.88 bits per heavy atom. The van der Waals surface area contributed by atoms with Crippen LogP contribution in [0, 0.1) is 18.3 Å². The molecule has 0 radical (unpaired) electrons. The van der Waals surface area contributed by atoms with Crippen molar-refractivity contribution in [3.8, 4) is 17.5 Å². The highest BCUT2D eigenvalue weighted by Gasteiger charge is 2.11. The van der Waals surface area contributed by atoms with E-state index in [9.17, 15) is 0 Å². The Morgan fingerprint density at radius 2 is 2.29 bits per heavy atom. The Bertz CT molecular complexity index is 589. The molecular formula is C14H12N2O. The third kappa shape index (κ3) is 2.11. The molecule has 0 spiro atoms. The summed E-state index contributed by atoms with van der Waals surface area (Å²) in [5.74, 6) is 0.679. The van der Waals surface area contributed by atoms with Gasteiger partial charge in [0.1, 0.15) is 17.5 Å². The zero-order valence-corrected chi connectivity index (χ0v) is 9.77. The van der Waals surface area contributed by atoms with Crippen LogP contribution in [0.1, 0.15) is 23.7 Å². The van der Waals surface area contributed by atoms with Crippen molar-refractivity contribution >= 4 is 6.08 Å². The first kappa shape index (κ1) is 11.2. The largest absolute Gasteiger partial charge is 0.463 e. The van der Waals surface area contributed by atoms with Gasteiger partial charge in [0.15, 0.2) is 5.76 Å². The molecule has 0 saturated carbocycles. The number of aromatic nitrogens is 1. The molecule has 0 amide bonds. The second-order valence-electron chi connectivity index (χ2n) is 3.68. The number of hydrogen-bond acceptors (Lipinski definition) is 3. The van der Waals surface area contributed by atoms with Crippen LogP contribution < -0.4 is 0 Å². The number of allylic oxidation sites excluding steroid dienone is 1. The maximum atomic E-state index is 8.94. The Kier molecular flexibility index (Phi) is 3.06. The molecule has 2 aromatic rings. The third-order valence-electron chi connectivity index (χ3n) is 2.47. The number of hydrogen-bond donors (Lipinski definition) is 0. The minimum absolute atomic E-state index is 0.405. The standard InChI is InChI=1S/C14H12N2O/c1-3-5-12-10(2)8-11(9-15)16-14(12)13-6-4-7-17-13/h3-8H,1-2H3. The van der Waals surface area contributed by atoms with E-state index in [0.29, 0.717) is 17.1 Å². The van der Waals surface area contributed by atoms with Crippen LogP contribution in [-0.2, 0) is 0 Å². The fraction of sp³-hybridized carbons (Fsp3) is 0.143. The topological polar surface area (TPSA) is 49.8 Å². The highest BCUT2D eigenvalue weighted by molar-refractivity contribution is 5.71. The second-order valence-corrected chi connectivity index (χ2v) is 3.68. The van der Waals surface area contributed by atoms with Crippen molar-refractivity contribution in [1.82, 2.24) is 4.98 Å². The lowest BCUT2D eigenvalue weighted by atomic mass is 10.0. The number of furan rings is 1. The molecule has 0 atom stereocenters. The van der Waals surface area contributed by atoms with Gasteiger partial charge in [0, 0.05) is 5.56 Å². The molecule has 0 fully saturated rings. The predicted octanol–water partition coefficient (Wildman–Crippen LogP) is 3.55. The van der Waals surface area contributed by atoms with Gasteiger partial charge < -0.3 is 4.42 Å². The summed E-state index contributed by atoms with van der Waals surface area (Å²) < 4.78 is 5.36. The van der Waals surface area contributed by atoms with Crippen molar-refractivity contribution in [2.24, 2.45) is 0 Å². The van der Waals surface area contributed by atoms with E-state index in [1.807, 2.05) is 38.1 Å². The minimum Gasteiger partial charge on any atom is -0.463 e. The zero-order valence-electron chi connectivity index (χ0n) is 9.77. The van der Waals surface area contributed by atoms with Crippen LogP contribution in [0.25, 0.3) is 17.5 Å². The summed E-state index contributed by atoms with van der Waals surface area (Å²) in [7, 11) is 0. The Labute approximate surface area is 100 Å². The van der Waals surface area contributed by atoms with Crippen LogP contribution in [0.4, 0.5) is 0 Å². The van der Waals surface area contributed by atoms with E-state index >= 15 is 0 Å². The van der Waals surface area contributed by atoms with E-state index in [2.05, 4.69) is 11.1 Å². The molecule has 0 aliphatic heterocycles. The van der Waals surface area contributed by atoms with Crippen molar-refractivity contribution < 1.29 is 4.42 Å². The van der Waals surface area contributed by atoms with Crippen molar-refractivity contribution in [3.63, 3.8) is 0 Å². The van der Waals surface area contributed by atoms with Gasteiger partial charge in [-0.1, -0.05) is 12.2 Å². The summed E-state index contributed by atoms with van der Waals surface area (Å²) in [6.45, 7) is 3.91. The molecule has 84 valence electrons. The lowest BCUT2D eigenvalue weighted by Crippen LogP contribution is -1.94. The molecule has 2 aromatic heterocycles. The summed E-state index contributed by atoms with van der Waals surface area (Å²) in [5, 5.41) is 8.94. The van der Waals surface area contributed by atoms with Gasteiger partial charge >= 0.3 is 0 Å². The fourth-order valence-corrected chi connectivity index (χ4v) is 1.72. The van der Waals surface area contributed by atoms with E-state index < -0.39 is 0 Å². The van der Waals surface area contributed by atoms with E-state index in [0.717, 1.165) is 11.1 Å². The number of nitrogens with zero attached hydrogens (tertiary/aromatic N) is 2. The highest BCUT2D eigenvalue weighted by atomic mass is 16.3. The number of aryl methyl sites for hydroxylation is 1. The Balaban J connectivity index is 2.70. The summed E-state index contributed by atoms with van der Waals surface area (Å²) in [5.41, 5.74) is 3.12. The molecule has 3 nitrogen and oxygen atoms in total. The van der Waals surface area contributed by atoms with Crippen molar-refractivity contribution in [3.05, 3.63) is 47.4 Å². The maximum absolute atomic E-state index is 8.94. The summed E-state index contributed by atoms with van der Waals surface area (Å²) in [6.07, 6.45) is 5.52. The molecule has 0 aliphatic carbocycles. The number of nitriles is 1. The maximum Gasteiger partial charge on any atom is 0.152 e. The molecule has 17 heavy (non-hydrogen) atoms. The van der Waals surface area contributed by atoms with Crippen molar-refractivity contribution in [2.45, 2.75) is 13.8 Å². The summed E-state index contributed by atoms with van der Waals surface area (Å²) in [4.78, 5) is 4.31. The van der Waals surface area contributed by atoms with Crippen LogP contribution in [0.15, 0.2) is 35.0 Å². The molecule has 0 aliphatic rings. The molecule has 2 rings (SSSR count). The van der Waals surface area contributed by atoms with Gasteiger partial charge in [-0.05, 0) is 37.6 Å². The molecular weight excluding hydrogens is 212 g/mol. The van der Waals surface area contributed by atoms with E-state index in [1.165, 1.54) is 0 Å². The first-order valence-corrected chi connectivity index (χ1v) is 5.34. The molecule has 0 saturated heterocycles.